The summed E-state index contributed by atoms with van der Waals surface area (Å²) in [5.74, 6) is 0.796. The van der Waals surface area contributed by atoms with Gasteiger partial charge in [-0.05, 0) is 69.0 Å². The minimum Gasteiger partial charge on any atom is -0.489 e. The summed E-state index contributed by atoms with van der Waals surface area (Å²) in [6.07, 6.45) is 2.52. The summed E-state index contributed by atoms with van der Waals surface area (Å²) in [5, 5.41) is 0. The Bertz CT molecular complexity index is 1010. The molecule has 1 fully saturated rings. The number of fused-ring (bicyclic) bond motifs is 1. The quantitative estimate of drug-likeness (QED) is 0.804. The second kappa shape index (κ2) is 7.13. The first-order valence-corrected chi connectivity index (χ1v) is 11.1. The van der Waals surface area contributed by atoms with Gasteiger partial charge in [-0.1, -0.05) is 12.1 Å². The van der Waals surface area contributed by atoms with E-state index in [2.05, 4.69) is 4.72 Å². The van der Waals surface area contributed by atoms with Crippen molar-refractivity contribution in [1.29, 1.82) is 0 Å². The molecule has 2 aromatic carbocycles. The Hall–Kier alpha value is -2.54. The summed E-state index contributed by atoms with van der Waals surface area (Å²) in [4.78, 5) is 14.4. The maximum Gasteiger partial charge on any atom is 0.262 e. The zero-order chi connectivity index (χ0) is 19.9. The van der Waals surface area contributed by atoms with Crippen LogP contribution in [-0.2, 0) is 21.2 Å². The number of carbonyl (C=O) groups excluding carboxylic acids is 1. The van der Waals surface area contributed by atoms with Gasteiger partial charge >= 0.3 is 0 Å². The first-order chi connectivity index (χ1) is 13.3. The summed E-state index contributed by atoms with van der Waals surface area (Å²) in [7, 11) is -3.77. The molecule has 6 nitrogen and oxygen atoms in total. The smallest absolute Gasteiger partial charge is 0.262 e. The Balaban J connectivity index is 1.59. The number of nitrogens with zero attached hydrogens (tertiary/aromatic N) is 1. The molecular weight excluding hydrogens is 376 g/mol. The van der Waals surface area contributed by atoms with Crippen molar-refractivity contribution in [3.63, 3.8) is 0 Å². The van der Waals surface area contributed by atoms with Crippen LogP contribution in [0.3, 0.4) is 0 Å². The number of carbonyl (C=O) groups is 1. The normalized spacial score (nSPS) is 16.2. The van der Waals surface area contributed by atoms with Gasteiger partial charge < -0.3 is 9.64 Å². The van der Waals surface area contributed by atoms with Gasteiger partial charge in [0.2, 0.25) is 5.91 Å². The molecule has 0 radical (unpaired) electrons. The molecule has 1 amide bonds. The van der Waals surface area contributed by atoms with E-state index in [1.807, 2.05) is 13.8 Å². The lowest BCUT2D eigenvalue weighted by atomic mass is 10.2. The Morgan fingerprint density at radius 3 is 2.64 bits per heavy atom. The highest BCUT2D eigenvalue weighted by Gasteiger charge is 2.36. The highest BCUT2D eigenvalue weighted by atomic mass is 32.2. The summed E-state index contributed by atoms with van der Waals surface area (Å²) < 4.78 is 34.2. The molecule has 4 rings (SSSR count). The lowest BCUT2D eigenvalue weighted by Gasteiger charge is -2.18. The SMILES string of the molecule is CC(C)Oc1ccccc1NS(=O)(=O)c1ccc2c(c1)CCN2C(=O)C1CC1. The number of benzene rings is 2. The molecule has 1 aliphatic heterocycles. The maximum absolute atomic E-state index is 12.9. The average molecular weight is 401 g/mol. The first-order valence-electron chi connectivity index (χ1n) is 9.58. The molecule has 1 aliphatic carbocycles. The van der Waals surface area contributed by atoms with Crippen LogP contribution in [0.2, 0.25) is 0 Å². The van der Waals surface area contributed by atoms with Crippen LogP contribution in [0.5, 0.6) is 5.75 Å². The average Bonchev–Trinajstić information content (AvgIpc) is 3.41. The van der Waals surface area contributed by atoms with Crippen molar-refractivity contribution in [3.8, 4) is 5.75 Å². The van der Waals surface area contributed by atoms with Crippen molar-refractivity contribution >= 4 is 27.3 Å². The minimum atomic E-state index is -3.77. The van der Waals surface area contributed by atoms with Crippen LogP contribution >= 0.6 is 0 Å². The second-order valence-corrected chi connectivity index (χ2v) is 9.26. The third-order valence-corrected chi connectivity index (χ3v) is 6.31. The fourth-order valence-electron chi connectivity index (χ4n) is 3.44. The van der Waals surface area contributed by atoms with Gasteiger partial charge in [0.25, 0.3) is 10.0 Å². The number of ether oxygens (including phenoxy) is 1. The van der Waals surface area contributed by atoms with Crippen molar-refractivity contribution in [2.75, 3.05) is 16.2 Å². The minimum absolute atomic E-state index is 0.0689. The second-order valence-electron chi connectivity index (χ2n) is 7.57. The largest absolute Gasteiger partial charge is 0.489 e. The van der Waals surface area contributed by atoms with Gasteiger partial charge in [-0.2, -0.15) is 0 Å². The van der Waals surface area contributed by atoms with E-state index < -0.39 is 10.0 Å². The molecule has 1 saturated carbocycles. The third-order valence-electron chi connectivity index (χ3n) is 4.94. The molecule has 0 saturated heterocycles. The first kappa shape index (κ1) is 18.8. The molecule has 0 spiro atoms. The van der Waals surface area contributed by atoms with Crippen LogP contribution < -0.4 is 14.4 Å². The molecule has 0 unspecified atom stereocenters. The lowest BCUT2D eigenvalue weighted by Crippen LogP contribution is -2.30. The summed E-state index contributed by atoms with van der Waals surface area (Å²) in [6, 6.07) is 12.0. The lowest BCUT2D eigenvalue weighted by molar-refractivity contribution is -0.119. The topological polar surface area (TPSA) is 75.7 Å². The van der Waals surface area contributed by atoms with Crippen molar-refractivity contribution in [1.82, 2.24) is 0 Å². The number of anilines is 2. The van der Waals surface area contributed by atoms with E-state index in [0.717, 1.165) is 24.1 Å². The number of rotatable bonds is 6. The van der Waals surface area contributed by atoms with Crippen LogP contribution in [0.1, 0.15) is 32.3 Å². The predicted molar refractivity (Wildman–Crippen MR) is 108 cm³/mol. The fraction of sp³-hybridized carbons (Fsp3) is 0.381. The number of para-hydroxylation sites is 2. The Labute approximate surface area is 165 Å². The van der Waals surface area contributed by atoms with E-state index >= 15 is 0 Å². The predicted octanol–water partition coefficient (Wildman–Crippen LogP) is 3.57. The summed E-state index contributed by atoms with van der Waals surface area (Å²) in [6.45, 7) is 4.40. The Kier molecular flexibility index (Phi) is 4.79. The molecule has 2 aliphatic rings. The van der Waals surface area contributed by atoms with Gasteiger partial charge in [0, 0.05) is 18.2 Å². The number of hydrogen-bond donors (Lipinski definition) is 1. The number of sulfonamides is 1. The van der Waals surface area contributed by atoms with Crippen LogP contribution in [0.15, 0.2) is 47.4 Å². The van der Waals surface area contributed by atoms with Crippen molar-refractivity contribution < 1.29 is 17.9 Å². The van der Waals surface area contributed by atoms with Gasteiger partial charge in [-0.15, -0.1) is 0 Å². The van der Waals surface area contributed by atoms with Crippen LogP contribution in [0.25, 0.3) is 0 Å². The van der Waals surface area contributed by atoms with Gasteiger partial charge in [0.15, 0.2) is 0 Å². The maximum atomic E-state index is 12.9. The zero-order valence-corrected chi connectivity index (χ0v) is 16.8. The Morgan fingerprint density at radius 2 is 1.93 bits per heavy atom. The molecular formula is C21H24N2O4S. The number of hydrogen-bond acceptors (Lipinski definition) is 4. The van der Waals surface area contributed by atoms with E-state index in [1.54, 1.807) is 47.4 Å². The van der Waals surface area contributed by atoms with Gasteiger partial charge in [-0.25, -0.2) is 8.42 Å². The van der Waals surface area contributed by atoms with E-state index in [-0.39, 0.29) is 22.8 Å². The van der Waals surface area contributed by atoms with E-state index in [4.69, 9.17) is 4.74 Å². The van der Waals surface area contributed by atoms with Crippen LogP contribution in [0, 0.1) is 5.92 Å². The van der Waals surface area contributed by atoms with Crippen LogP contribution in [0.4, 0.5) is 11.4 Å². The summed E-state index contributed by atoms with van der Waals surface area (Å²) in [5.41, 5.74) is 2.13. The van der Waals surface area contributed by atoms with E-state index in [0.29, 0.717) is 24.4 Å². The highest BCUT2D eigenvalue weighted by molar-refractivity contribution is 7.92. The van der Waals surface area contributed by atoms with Gasteiger partial charge in [0.1, 0.15) is 5.75 Å². The molecule has 148 valence electrons. The molecule has 7 heteroatoms. The molecule has 28 heavy (non-hydrogen) atoms. The molecule has 0 atom stereocenters. The molecule has 0 aromatic heterocycles. The highest BCUT2D eigenvalue weighted by Crippen LogP contribution is 2.37. The molecule has 1 heterocycles. The monoisotopic (exact) mass is 400 g/mol. The van der Waals surface area contributed by atoms with Gasteiger partial charge in [-0.3, -0.25) is 9.52 Å². The number of nitrogens with one attached hydrogen (secondary N) is 1. The van der Waals surface area contributed by atoms with E-state index in [1.165, 1.54) is 0 Å². The van der Waals surface area contributed by atoms with Gasteiger partial charge in [0.05, 0.1) is 16.7 Å². The van der Waals surface area contributed by atoms with E-state index in [9.17, 15) is 13.2 Å². The van der Waals surface area contributed by atoms with Crippen LogP contribution in [-0.4, -0.2) is 27.0 Å². The fourth-order valence-corrected chi connectivity index (χ4v) is 4.56. The zero-order valence-electron chi connectivity index (χ0n) is 16.0. The summed E-state index contributed by atoms with van der Waals surface area (Å²) >= 11 is 0. The van der Waals surface area contributed by atoms with Crippen molar-refractivity contribution in [2.24, 2.45) is 5.92 Å². The third kappa shape index (κ3) is 3.71. The molecule has 1 N–H and O–H groups in total. The molecule has 0 bridgehead atoms. The Morgan fingerprint density at radius 1 is 1.18 bits per heavy atom. The standard InChI is InChI=1S/C21H24N2O4S/c1-14(2)27-20-6-4-3-5-18(20)22-28(25,26)17-9-10-19-16(13-17)11-12-23(19)21(24)15-7-8-15/h3-6,9-10,13-15,22H,7-8,11-12H2,1-2H3. The molecule has 2 aromatic rings. The van der Waals surface area contributed by atoms with Crippen molar-refractivity contribution in [2.45, 2.75) is 44.1 Å². The number of amides is 1. The van der Waals surface area contributed by atoms with Crippen molar-refractivity contribution in [3.05, 3.63) is 48.0 Å².